The van der Waals surface area contributed by atoms with E-state index in [0.29, 0.717) is 5.92 Å². The average Bonchev–Trinajstić information content (AvgIpc) is 3.07. The zero-order valence-electron chi connectivity index (χ0n) is 28.4. The summed E-state index contributed by atoms with van der Waals surface area (Å²) in [6, 6.07) is 33.7. The Morgan fingerprint density at radius 3 is 0.942 bits per heavy atom. The zero-order chi connectivity index (χ0) is 39.1. The fraction of sp³-hybridized carbons (Fsp3) is 0.189. The van der Waals surface area contributed by atoms with E-state index in [0.717, 1.165) is 26.7 Å². The number of halogens is 2. The molecule has 9 nitrogen and oxygen atoms in total. The van der Waals surface area contributed by atoms with Crippen molar-refractivity contribution >= 4 is 76.1 Å². The summed E-state index contributed by atoms with van der Waals surface area (Å²) in [6.45, 7) is 5.46. The maximum absolute atomic E-state index is 10.4. The topological polar surface area (TPSA) is 172 Å². The Kier molecular flexibility index (Phi) is 18.5. The quantitative estimate of drug-likeness (QED) is 0.110. The van der Waals surface area contributed by atoms with Crippen LogP contribution >= 0.6 is 23.2 Å². The summed E-state index contributed by atoms with van der Waals surface area (Å²) in [5, 5.41) is 1.58. The van der Waals surface area contributed by atoms with Crippen molar-refractivity contribution in [1.29, 1.82) is 0 Å². The molecular formula is C37H36Cl2O9S3Sn. The second-order valence-corrected chi connectivity index (χ2v) is 17.8. The summed E-state index contributed by atoms with van der Waals surface area (Å²) in [6.07, 6.45) is 2.43. The van der Waals surface area contributed by atoms with Crippen molar-refractivity contribution in [3.05, 3.63) is 159 Å². The monoisotopic (exact) mass is 910 g/mol. The minimum absolute atomic E-state index is 0.178. The standard InChI is InChI=1S/C16H15Cl2.3C7H8O3S.Sn/c1-2-3-16(12-4-8-14(17)9-5-12)13-6-10-15(18)11-7-13;3*1-6-2-4-7(5-3-6)11(8,9)10;/h4-11,16H,1-3H2;3*2-5H,1H3,(H,8,9,10);/q;;;;+3/p-3. The zero-order valence-corrected chi connectivity index (χ0v) is 35.2. The van der Waals surface area contributed by atoms with Gasteiger partial charge >= 0.3 is 139 Å². The Bertz CT molecular complexity index is 1940. The van der Waals surface area contributed by atoms with Gasteiger partial charge in [-0.25, -0.2) is 25.3 Å². The van der Waals surface area contributed by atoms with Gasteiger partial charge in [-0.3, -0.25) is 0 Å². The number of rotatable bonds is 8. The summed E-state index contributed by atoms with van der Waals surface area (Å²) in [7, 11) is -12.8. The van der Waals surface area contributed by atoms with Gasteiger partial charge in [0.1, 0.15) is 30.4 Å². The third-order valence-corrected chi connectivity index (χ3v) is 11.2. The predicted octanol–water partition coefficient (Wildman–Crippen LogP) is 8.19. The van der Waals surface area contributed by atoms with E-state index in [9.17, 15) is 38.9 Å². The molecule has 0 aromatic heterocycles. The van der Waals surface area contributed by atoms with E-state index in [2.05, 4.69) is 24.3 Å². The second kappa shape index (κ2) is 21.2. The molecule has 0 N–H and O–H groups in total. The van der Waals surface area contributed by atoms with Crippen LogP contribution in [0.25, 0.3) is 0 Å². The summed E-state index contributed by atoms with van der Waals surface area (Å²) < 4.78 is 94.8. The van der Waals surface area contributed by atoms with Crippen LogP contribution in [0.1, 0.15) is 46.6 Å². The van der Waals surface area contributed by atoms with Crippen molar-refractivity contribution < 1.29 is 38.9 Å². The molecule has 15 heteroatoms. The van der Waals surface area contributed by atoms with Crippen molar-refractivity contribution in [3.63, 3.8) is 0 Å². The van der Waals surface area contributed by atoms with E-state index in [4.69, 9.17) is 23.2 Å². The van der Waals surface area contributed by atoms with E-state index in [1.54, 1.807) is 58.9 Å². The van der Waals surface area contributed by atoms with Crippen molar-refractivity contribution in [3.8, 4) is 0 Å². The van der Waals surface area contributed by atoms with Gasteiger partial charge in [-0.1, -0.05) is 53.1 Å². The van der Waals surface area contributed by atoms with Gasteiger partial charge in [0, 0.05) is 0 Å². The molecule has 5 aromatic rings. The first kappa shape index (κ1) is 45.4. The molecule has 0 amide bonds. The predicted molar refractivity (Wildman–Crippen MR) is 202 cm³/mol. The Hall–Kier alpha value is -2.79. The summed E-state index contributed by atoms with van der Waals surface area (Å²) in [5.74, 6) is 0.440. The molecule has 0 saturated heterocycles. The Balaban J connectivity index is 0.000000249. The number of hydrogen-bond acceptors (Lipinski definition) is 9. The molecule has 5 rings (SSSR count). The maximum atomic E-state index is 10.4. The molecule has 0 unspecified atom stereocenters. The molecule has 0 aliphatic rings. The Labute approximate surface area is 330 Å². The SMILES string of the molecule is Cc1ccc(S(=O)(=O)[O-])cc1.Cc1ccc(S(=O)(=O)[O-])cc1.Cc1ccc(S(=O)(=O)[O-])cc1.Clc1ccc(C(CC[CH2][Sn+3])c2ccc(Cl)cc2)cc1. The third kappa shape index (κ3) is 16.9. The Morgan fingerprint density at radius 1 is 0.481 bits per heavy atom. The first-order chi connectivity index (χ1) is 24.2. The van der Waals surface area contributed by atoms with Gasteiger partial charge < -0.3 is 13.7 Å². The van der Waals surface area contributed by atoms with Crippen LogP contribution in [-0.4, -0.2) is 61.4 Å². The molecule has 0 spiro atoms. The van der Waals surface area contributed by atoms with E-state index in [-0.39, 0.29) is 14.7 Å². The van der Waals surface area contributed by atoms with E-state index < -0.39 is 30.4 Å². The number of aryl methyl sites for hydroxylation is 3. The fourth-order valence-electron chi connectivity index (χ4n) is 4.34. The normalized spacial score (nSPS) is 11.3. The number of benzene rings is 5. The van der Waals surface area contributed by atoms with Gasteiger partial charge in [-0.05, 0) is 57.2 Å². The average molecular weight is 911 g/mol. The Morgan fingerprint density at radius 2 is 0.731 bits per heavy atom. The van der Waals surface area contributed by atoms with Gasteiger partial charge in [0.2, 0.25) is 0 Å². The molecule has 274 valence electrons. The first-order valence-corrected chi connectivity index (χ1v) is 22.4. The third-order valence-electron chi connectivity index (χ3n) is 7.14. The second-order valence-electron chi connectivity index (χ2n) is 11.3. The molecule has 0 bridgehead atoms. The number of hydrogen-bond donors (Lipinski definition) is 0. The summed E-state index contributed by atoms with van der Waals surface area (Å²) in [4.78, 5) is -0.533. The van der Waals surface area contributed by atoms with Crippen molar-refractivity contribution in [2.45, 2.75) is 58.7 Å². The van der Waals surface area contributed by atoms with Gasteiger partial charge in [-0.15, -0.1) is 0 Å². The van der Waals surface area contributed by atoms with Gasteiger partial charge in [0.05, 0.1) is 14.7 Å². The molecule has 5 aromatic carbocycles. The molecule has 0 aliphatic heterocycles. The molecule has 0 saturated carbocycles. The molecule has 0 atom stereocenters. The van der Waals surface area contributed by atoms with Gasteiger partial charge in [-0.2, -0.15) is 0 Å². The van der Waals surface area contributed by atoms with E-state index in [1.807, 2.05) is 45.0 Å². The minimum atomic E-state index is -4.27. The van der Waals surface area contributed by atoms with Crippen LogP contribution in [0.4, 0.5) is 0 Å². The van der Waals surface area contributed by atoms with E-state index in [1.165, 1.54) is 64.8 Å². The van der Waals surface area contributed by atoms with Crippen LogP contribution in [0.2, 0.25) is 14.5 Å². The van der Waals surface area contributed by atoms with Gasteiger partial charge in [0.25, 0.3) is 0 Å². The molecule has 0 heterocycles. The summed E-state index contributed by atoms with van der Waals surface area (Å²) in [5.41, 5.74) is 5.44. The van der Waals surface area contributed by atoms with Crippen LogP contribution in [0, 0.1) is 20.8 Å². The van der Waals surface area contributed by atoms with Crippen molar-refractivity contribution in [1.82, 2.24) is 0 Å². The van der Waals surface area contributed by atoms with Crippen LogP contribution in [0.5, 0.6) is 0 Å². The van der Waals surface area contributed by atoms with Crippen molar-refractivity contribution in [2.24, 2.45) is 0 Å². The fourth-order valence-corrected chi connectivity index (χ4v) is 6.58. The molecular weight excluding hydrogens is 874 g/mol. The first-order valence-electron chi connectivity index (χ1n) is 15.4. The molecule has 0 aliphatic carbocycles. The summed E-state index contributed by atoms with van der Waals surface area (Å²) >= 11 is 13.6. The van der Waals surface area contributed by atoms with Crippen molar-refractivity contribution in [2.75, 3.05) is 0 Å². The van der Waals surface area contributed by atoms with E-state index >= 15 is 0 Å². The van der Waals surface area contributed by atoms with Crippen LogP contribution in [0.15, 0.2) is 136 Å². The molecule has 0 fully saturated rings. The van der Waals surface area contributed by atoms with Crippen LogP contribution < -0.4 is 0 Å². The van der Waals surface area contributed by atoms with Crippen LogP contribution in [0.3, 0.4) is 0 Å². The van der Waals surface area contributed by atoms with Crippen LogP contribution in [-0.2, 0) is 30.4 Å². The van der Waals surface area contributed by atoms with Gasteiger partial charge in [0.15, 0.2) is 0 Å². The molecule has 0 radical (unpaired) electrons. The molecule has 52 heavy (non-hydrogen) atoms.